The van der Waals surface area contributed by atoms with Crippen LogP contribution in [0.25, 0.3) is 0 Å². The van der Waals surface area contributed by atoms with Crippen molar-refractivity contribution in [3.8, 4) is 0 Å². The summed E-state index contributed by atoms with van der Waals surface area (Å²) in [5.74, 6) is 0.767. The van der Waals surface area contributed by atoms with Crippen molar-refractivity contribution in [2.24, 2.45) is 11.7 Å². The summed E-state index contributed by atoms with van der Waals surface area (Å²) < 4.78 is 5.61. The van der Waals surface area contributed by atoms with E-state index in [0.29, 0.717) is 25.5 Å². The predicted octanol–water partition coefficient (Wildman–Crippen LogP) is 1.63. The number of ether oxygens (including phenoxy) is 1. The summed E-state index contributed by atoms with van der Waals surface area (Å²) >= 11 is 0. The van der Waals surface area contributed by atoms with Gasteiger partial charge < -0.3 is 15.4 Å². The van der Waals surface area contributed by atoms with Gasteiger partial charge in [-0.05, 0) is 32.2 Å². The molecule has 2 N–H and O–H groups in total. The second-order valence-corrected chi connectivity index (χ2v) is 5.02. The molecule has 0 aromatic carbocycles. The maximum atomic E-state index is 11.7. The molecule has 0 fully saturated rings. The molecular formula is C13H28N2O2. The zero-order valence-corrected chi connectivity index (χ0v) is 11.7. The minimum absolute atomic E-state index is 0.134. The van der Waals surface area contributed by atoms with Crippen LogP contribution in [-0.4, -0.2) is 43.7 Å². The third-order valence-corrected chi connectivity index (χ3v) is 2.65. The van der Waals surface area contributed by atoms with E-state index in [1.165, 1.54) is 0 Å². The fourth-order valence-electron chi connectivity index (χ4n) is 1.72. The van der Waals surface area contributed by atoms with Gasteiger partial charge in [-0.15, -0.1) is 0 Å². The Kier molecular flexibility index (Phi) is 9.09. The lowest BCUT2D eigenvalue weighted by Crippen LogP contribution is -2.30. The molecule has 4 heteroatoms. The van der Waals surface area contributed by atoms with Crippen LogP contribution in [0.15, 0.2) is 0 Å². The Balaban J connectivity index is 3.62. The summed E-state index contributed by atoms with van der Waals surface area (Å²) in [4.78, 5) is 13.4. The fraction of sp³-hybridized carbons (Fsp3) is 0.923. The molecule has 0 aliphatic rings. The Hall–Kier alpha value is -0.610. The highest BCUT2D eigenvalue weighted by atomic mass is 16.5. The molecule has 0 aromatic rings. The van der Waals surface area contributed by atoms with E-state index < -0.39 is 0 Å². The molecule has 0 bridgehead atoms. The molecule has 0 aliphatic carbocycles. The van der Waals surface area contributed by atoms with Crippen LogP contribution in [0.1, 0.15) is 40.0 Å². The maximum Gasteiger partial charge on any atom is 0.224 e. The van der Waals surface area contributed by atoms with Gasteiger partial charge in [0.1, 0.15) is 0 Å². The van der Waals surface area contributed by atoms with Gasteiger partial charge in [0.15, 0.2) is 0 Å². The lowest BCUT2D eigenvalue weighted by molar-refractivity contribution is -0.131. The van der Waals surface area contributed by atoms with Gasteiger partial charge in [-0.25, -0.2) is 0 Å². The van der Waals surface area contributed by atoms with Crippen molar-refractivity contribution in [1.29, 1.82) is 0 Å². The molecule has 1 atom stereocenters. The molecule has 1 unspecified atom stereocenters. The Bertz CT molecular complexity index is 208. The van der Waals surface area contributed by atoms with Crippen molar-refractivity contribution in [1.82, 2.24) is 4.90 Å². The summed E-state index contributed by atoms with van der Waals surface area (Å²) in [5.41, 5.74) is 5.40. The summed E-state index contributed by atoms with van der Waals surface area (Å²) in [7, 11) is 1.82. The van der Waals surface area contributed by atoms with Gasteiger partial charge in [-0.3, -0.25) is 4.79 Å². The van der Waals surface area contributed by atoms with Crippen LogP contribution in [0.5, 0.6) is 0 Å². The van der Waals surface area contributed by atoms with Crippen LogP contribution in [0.3, 0.4) is 0 Å². The SMILES string of the molecule is CC(C)CC(C)OCCC(=O)N(C)CCCN. The molecule has 0 saturated carbocycles. The van der Waals surface area contributed by atoms with Crippen molar-refractivity contribution in [3.05, 3.63) is 0 Å². The van der Waals surface area contributed by atoms with Crippen molar-refractivity contribution in [3.63, 3.8) is 0 Å². The zero-order valence-electron chi connectivity index (χ0n) is 11.7. The van der Waals surface area contributed by atoms with Gasteiger partial charge in [0.2, 0.25) is 5.91 Å². The van der Waals surface area contributed by atoms with Gasteiger partial charge >= 0.3 is 0 Å². The van der Waals surface area contributed by atoms with E-state index in [-0.39, 0.29) is 12.0 Å². The second-order valence-electron chi connectivity index (χ2n) is 5.02. The average Bonchev–Trinajstić information content (AvgIpc) is 2.24. The Labute approximate surface area is 105 Å². The largest absolute Gasteiger partial charge is 0.378 e. The first-order chi connectivity index (χ1) is 7.97. The van der Waals surface area contributed by atoms with Crippen LogP contribution < -0.4 is 5.73 Å². The topological polar surface area (TPSA) is 55.6 Å². The molecule has 17 heavy (non-hydrogen) atoms. The molecule has 0 aliphatic heterocycles. The molecule has 0 spiro atoms. The normalized spacial score (nSPS) is 12.8. The van der Waals surface area contributed by atoms with Crippen LogP contribution in [-0.2, 0) is 9.53 Å². The Morgan fingerprint density at radius 3 is 2.53 bits per heavy atom. The van der Waals surface area contributed by atoms with Crippen LogP contribution in [0.4, 0.5) is 0 Å². The second kappa shape index (κ2) is 9.42. The number of amides is 1. The quantitative estimate of drug-likeness (QED) is 0.671. The Morgan fingerprint density at radius 2 is 2.00 bits per heavy atom. The Morgan fingerprint density at radius 1 is 1.35 bits per heavy atom. The van der Waals surface area contributed by atoms with Gasteiger partial charge in [-0.2, -0.15) is 0 Å². The number of hydrogen-bond acceptors (Lipinski definition) is 3. The molecule has 0 rings (SSSR count). The molecule has 0 radical (unpaired) electrons. The van der Waals surface area contributed by atoms with Crippen molar-refractivity contribution in [2.75, 3.05) is 26.7 Å². The van der Waals surface area contributed by atoms with E-state index >= 15 is 0 Å². The van der Waals surface area contributed by atoms with E-state index in [1.807, 2.05) is 7.05 Å². The van der Waals surface area contributed by atoms with E-state index in [9.17, 15) is 4.79 Å². The number of nitrogens with zero attached hydrogens (tertiary/aromatic N) is 1. The molecular weight excluding hydrogens is 216 g/mol. The predicted molar refractivity (Wildman–Crippen MR) is 70.8 cm³/mol. The highest BCUT2D eigenvalue weighted by Crippen LogP contribution is 2.07. The minimum Gasteiger partial charge on any atom is -0.378 e. The molecule has 102 valence electrons. The number of nitrogens with two attached hydrogens (primary N) is 1. The van der Waals surface area contributed by atoms with Gasteiger partial charge in [-0.1, -0.05) is 13.8 Å². The van der Waals surface area contributed by atoms with E-state index in [1.54, 1.807) is 4.90 Å². The molecule has 0 heterocycles. The number of carbonyl (C=O) groups is 1. The first-order valence-corrected chi connectivity index (χ1v) is 6.53. The summed E-state index contributed by atoms with van der Waals surface area (Å²) in [6, 6.07) is 0. The molecule has 1 amide bonds. The highest BCUT2D eigenvalue weighted by Gasteiger charge is 2.10. The first kappa shape index (κ1) is 16.4. The van der Waals surface area contributed by atoms with E-state index in [2.05, 4.69) is 20.8 Å². The zero-order chi connectivity index (χ0) is 13.3. The minimum atomic E-state index is 0.134. The third-order valence-electron chi connectivity index (χ3n) is 2.65. The average molecular weight is 244 g/mol. The smallest absolute Gasteiger partial charge is 0.224 e. The van der Waals surface area contributed by atoms with Gasteiger partial charge in [0.25, 0.3) is 0 Å². The first-order valence-electron chi connectivity index (χ1n) is 6.53. The highest BCUT2D eigenvalue weighted by molar-refractivity contribution is 5.75. The summed E-state index contributed by atoms with van der Waals surface area (Å²) in [5, 5.41) is 0. The maximum absolute atomic E-state index is 11.7. The van der Waals surface area contributed by atoms with Crippen molar-refractivity contribution in [2.45, 2.75) is 46.1 Å². The third kappa shape index (κ3) is 9.12. The lowest BCUT2D eigenvalue weighted by atomic mass is 10.1. The fourth-order valence-corrected chi connectivity index (χ4v) is 1.72. The number of carbonyl (C=O) groups excluding carboxylic acids is 1. The van der Waals surface area contributed by atoms with Gasteiger partial charge in [0.05, 0.1) is 19.1 Å². The van der Waals surface area contributed by atoms with Crippen molar-refractivity contribution < 1.29 is 9.53 Å². The summed E-state index contributed by atoms with van der Waals surface area (Å²) in [6.45, 7) is 8.27. The van der Waals surface area contributed by atoms with Crippen LogP contribution in [0.2, 0.25) is 0 Å². The lowest BCUT2D eigenvalue weighted by Gasteiger charge is -2.18. The molecule has 0 saturated heterocycles. The number of hydrogen-bond donors (Lipinski definition) is 1. The van der Waals surface area contributed by atoms with Gasteiger partial charge in [0, 0.05) is 13.6 Å². The van der Waals surface area contributed by atoms with Crippen molar-refractivity contribution >= 4 is 5.91 Å². The van der Waals surface area contributed by atoms with Crippen LogP contribution in [0, 0.1) is 5.92 Å². The summed E-state index contributed by atoms with van der Waals surface area (Å²) in [6.07, 6.45) is 2.59. The monoisotopic (exact) mass is 244 g/mol. The van der Waals surface area contributed by atoms with E-state index in [4.69, 9.17) is 10.5 Å². The standard InChI is InChI=1S/C13H28N2O2/c1-11(2)10-12(3)17-9-6-13(16)15(4)8-5-7-14/h11-12H,5-10,14H2,1-4H3. The number of rotatable bonds is 9. The molecule has 0 aromatic heterocycles. The van der Waals surface area contributed by atoms with Crippen LogP contribution >= 0.6 is 0 Å². The molecule has 4 nitrogen and oxygen atoms in total. The van der Waals surface area contributed by atoms with E-state index in [0.717, 1.165) is 19.4 Å².